The lowest BCUT2D eigenvalue weighted by Crippen LogP contribution is -2.14. The molecule has 0 fully saturated rings. The van der Waals surface area contributed by atoms with Gasteiger partial charge in [0.2, 0.25) is 5.95 Å². The molecule has 0 aliphatic carbocycles. The van der Waals surface area contributed by atoms with E-state index < -0.39 is 0 Å². The van der Waals surface area contributed by atoms with Crippen molar-refractivity contribution in [2.75, 3.05) is 5.32 Å². The molecule has 0 aliphatic rings. The highest BCUT2D eigenvalue weighted by Crippen LogP contribution is 2.07. The van der Waals surface area contributed by atoms with E-state index in [1.165, 1.54) is 0 Å². The third-order valence-electron chi connectivity index (χ3n) is 1.79. The van der Waals surface area contributed by atoms with Crippen LogP contribution in [0.5, 0.6) is 0 Å². The molecular weight excluding hydrogens is 192 g/mol. The number of aromatic nitrogens is 2. The smallest absolute Gasteiger partial charge is 0.223 e. The predicted molar refractivity (Wildman–Crippen MR) is 59.5 cm³/mol. The maximum atomic E-state index is 8.66. The first-order chi connectivity index (χ1) is 7.02. The lowest BCUT2D eigenvalue weighted by molar-refractivity contribution is 0.319. The number of aryl methyl sites for hydroxylation is 1. The van der Waals surface area contributed by atoms with Crippen molar-refractivity contribution in [3.63, 3.8) is 0 Å². The van der Waals surface area contributed by atoms with E-state index in [4.69, 9.17) is 5.21 Å². The van der Waals surface area contributed by atoms with Crippen LogP contribution >= 0.6 is 0 Å². The highest BCUT2D eigenvalue weighted by atomic mass is 16.4. The fraction of sp³-hybridized carbons (Fsp3) is 0.500. The Labute approximate surface area is 89.3 Å². The zero-order valence-corrected chi connectivity index (χ0v) is 9.44. The highest BCUT2D eigenvalue weighted by Gasteiger charge is 2.05. The van der Waals surface area contributed by atoms with Gasteiger partial charge >= 0.3 is 0 Å². The van der Waals surface area contributed by atoms with Gasteiger partial charge in [-0.2, -0.15) is 0 Å². The summed E-state index contributed by atoms with van der Waals surface area (Å²) in [6.07, 6.45) is 0. The van der Waals surface area contributed by atoms with Crippen molar-refractivity contribution < 1.29 is 5.21 Å². The summed E-state index contributed by atoms with van der Waals surface area (Å²) in [5.74, 6) is 0.558. The van der Waals surface area contributed by atoms with Gasteiger partial charge in [0.1, 0.15) is 5.71 Å². The van der Waals surface area contributed by atoms with Crippen molar-refractivity contribution in [2.45, 2.75) is 33.7 Å². The summed E-state index contributed by atoms with van der Waals surface area (Å²) >= 11 is 0. The van der Waals surface area contributed by atoms with Crippen LogP contribution in [0.1, 0.15) is 32.2 Å². The molecule has 1 aromatic heterocycles. The molecule has 0 aromatic carbocycles. The van der Waals surface area contributed by atoms with Crippen LogP contribution in [0.2, 0.25) is 0 Å². The van der Waals surface area contributed by atoms with Crippen molar-refractivity contribution >= 4 is 11.7 Å². The van der Waals surface area contributed by atoms with Crippen molar-refractivity contribution in [1.82, 2.24) is 9.97 Å². The van der Waals surface area contributed by atoms with E-state index >= 15 is 0 Å². The van der Waals surface area contributed by atoms with Gasteiger partial charge in [0.05, 0.1) is 5.69 Å². The first kappa shape index (κ1) is 11.4. The number of anilines is 1. The summed E-state index contributed by atoms with van der Waals surface area (Å²) in [6, 6.07) is 2.05. The zero-order chi connectivity index (χ0) is 11.4. The Morgan fingerprint density at radius 2 is 2.13 bits per heavy atom. The lowest BCUT2D eigenvalue weighted by atomic mass is 10.2. The monoisotopic (exact) mass is 208 g/mol. The van der Waals surface area contributed by atoms with Gasteiger partial charge in [-0.3, -0.25) is 0 Å². The molecule has 1 heterocycles. The van der Waals surface area contributed by atoms with Crippen LogP contribution in [0, 0.1) is 6.92 Å². The Bertz CT molecular complexity index is 374. The number of oxime groups is 1. The van der Waals surface area contributed by atoms with Crippen LogP contribution < -0.4 is 5.32 Å². The van der Waals surface area contributed by atoms with Gasteiger partial charge in [0.15, 0.2) is 0 Å². The molecule has 0 saturated heterocycles. The molecule has 0 saturated carbocycles. The first-order valence-electron chi connectivity index (χ1n) is 4.84. The largest absolute Gasteiger partial charge is 0.411 e. The summed E-state index contributed by atoms with van der Waals surface area (Å²) in [7, 11) is 0. The third kappa shape index (κ3) is 3.19. The van der Waals surface area contributed by atoms with E-state index in [1.54, 1.807) is 13.0 Å². The van der Waals surface area contributed by atoms with E-state index in [0.717, 1.165) is 5.69 Å². The van der Waals surface area contributed by atoms with Gasteiger partial charge in [-0.25, -0.2) is 9.97 Å². The molecule has 0 spiro atoms. The van der Waals surface area contributed by atoms with Gasteiger partial charge in [0.25, 0.3) is 0 Å². The van der Waals surface area contributed by atoms with E-state index in [1.807, 2.05) is 20.8 Å². The quantitative estimate of drug-likeness (QED) is 0.451. The first-order valence-corrected chi connectivity index (χ1v) is 4.84. The number of nitrogens with zero attached hydrogens (tertiary/aromatic N) is 3. The van der Waals surface area contributed by atoms with Crippen molar-refractivity contribution in [3.05, 3.63) is 17.5 Å². The van der Waals surface area contributed by atoms with Gasteiger partial charge < -0.3 is 10.5 Å². The Morgan fingerprint density at radius 1 is 1.47 bits per heavy atom. The van der Waals surface area contributed by atoms with Gasteiger partial charge in [-0.05, 0) is 33.8 Å². The Kier molecular flexibility index (Phi) is 3.60. The molecule has 1 rings (SSSR count). The maximum Gasteiger partial charge on any atom is 0.223 e. The molecule has 0 bridgehead atoms. The van der Waals surface area contributed by atoms with Crippen LogP contribution in [-0.4, -0.2) is 26.9 Å². The molecule has 1 aromatic rings. The summed E-state index contributed by atoms with van der Waals surface area (Å²) in [4.78, 5) is 8.46. The average Bonchev–Trinajstić information content (AvgIpc) is 2.14. The normalized spacial score (nSPS) is 11.9. The van der Waals surface area contributed by atoms with E-state index in [0.29, 0.717) is 17.4 Å². The highest BCUT2D eigenvalue weighted by molar-refractivity contribution is 5.96. The second-order valence-corrected chi connectivity index (χ2v) is 3.70. The summed E-state index contributed by atoms with van der Waals surface area (Å²) in [6.45, 7) is 7.60. The number of nitrogens with one attached hydrogen (secondary N) is 1. The summed E-state index contributed by atoms with van der Waals surface area (Å²) in [5.41, 5.74) is 1.95. The molecule has 5 heteroatoms. The van der Waals surface area contributed by atoms with E-state index in [9.17, 15) is 0 Å². The average molecular weight is 208 g/mol. The second-order valence-electron chi connectivity index (χ2n) is 3.70. The molecule has 0 unspecified atom stereocenters. The van der Waals surface area contributed by atoms with Crippen molar-refractivity contribution in [2.24, 2.45) is 5.16 Å². The summed E-state index contributed by atoms with van der Waals surface area (Å²) < 4.78 is 0. The van der Waals surface area contributed by atoms with Crippen LogP contribution in [0.4, 0.5) is 5.95 Å². The minimum Gasteiger partial charge on any atom is -0.411 e. The SMILES string of the molecule is CC(=NO)c1cc(C)nc(NC(C)C)n1. The second kappa shape index (κ2) is 4.72. The fourth-order valence-corrected chi connectivity index (χ4v) is 1.13. The molecule has 0 amide bonds. The fourth-order valence-electron chi connectivity index (χ4n) is 1.13. The van der Waals surface area contributed by atoms with Crippen LogP contribution in [0.3, 0.4) is 0 Å². The third-order valence-corrected chi connectivity index (χ3v) is 1.79. The molecule has 82 valence electrons. The van der Waals surface area contributed by atoms with Crippen LogP contribution in [-0.2, 0) is 0 Å². The molecule has 15 heavy (non-hydrogen) atoms. The van der Waals surface area contributed by atoms with Crippen molar-refractivity contribution in [1.29, 1.82) is 0 Å². The number of hydrogen-bond acceptors (Lipinski definition) is 5. The molecule has 2 N–H and O–H groups in total. The van der Waals surface area contributed by atoms with E-state index in [-0.39, 0.29) is 6.04 Å². The molecule has 0 radical (unpaired) electrons. The molecular formula is C10H16N4O. The zero-order valence-electron chi connectivity index (χ0n) is 9.44. The van der Waals surface area contributed by atoms with E-state index in [2.05, 4.69) is 20.4 Å². The summed E-state index contributed by atoms with van der Waals surface area (Å²) in [5, 5.41) is 14.9. The maximum absolute atomic E-state index is 8.66. The molecule has 0 aliphatic heterocycles. The van der Waals surface area contributed by atoms with Gasteiger partial charge in [0, 0.05) is 11.7 Å². The minimum atomic E-state index is 0.269. The Balaban J connectivity index is 3.05. The van der Waals surface area contributed by atoms with Gasteiger partial charge in [-0.1, -0.05) is 5.16 Å². The Hall–Kier alpha value is -1.65. The number of hydrogen-bond donors (Lipinski definition) is 2. The van der Waals surface area contributed by atoms with Crippen LogP contribution in [0.15, 0.2) is 11.2 Å². The van der Waals surface area contributed by atoms with Crippen LogP contribution in [0.25, 0.3) is 0 Å². The number of rotatable bonds is 3. The Morgan fingerprint density at radius 3 is 2.67 bits per heavy atom. The molecule has 0 atom stereocenters. The molecule has 5 nitrogen and oxygen atoms in total. The predicted octanol–water partition coefficient (Wildman–Crippen LogP) is 1.80. The van der Waals surface area contributed by atoms with Crippen molar-refractivity contribution in [3.8, 4) is 0 Å². The van der Waals surface area contributed by atoms with Gasteiger partial charge in [-0.15, -0.1) is 0 Å². The standard InChI is InChI=1S/C10H16N4O/c1-6(2)11-10-12-7(3)5-9(13-10)8(4)14-15/h5-6,15H,1-4H3,(H,11,12,13). The minimum absolute atomic E-state index is 0.269. The topological polar surface area (TPSA) is 70.4 Å². The lowest BCUT2D eigenvalue weighted by Gasteiger charge is -2.09.